The number of aliphatic hydroxyl groups excluding tert-OH is 3. The molecule has 0 bridgehead atoms. The van der Waals surface area contributed by atoms with Crippen molar-refractivity contribution in [2.75, 3.05) is 11.4 Å². The predicted molar refractivity (Wildman–Crippen MR) is 268 cm³/mol. The summed E-state index contributed by atoms with van der Waals surface area (Å²) in [6.07, 6.45) is 4.84. The molecular formula is C51H43BN2O21. The summed E-state index contributed by atoms with van der Waals surface area (Å²) < 4.78 is 0.792. The van der Waals surface area contributed by atoms with E-state index >= 15 is 0 Å². The van der Waals surface area contributed by atoms with Crippen LogP contribution in [0.2, 0.25) is 0 Å². The van der Waals surface area contributed by atoms with Crippen molar-refractivity contribution in [2.24, 2.45) is 0 Å². The zero-order chi connectivity index (χ0) is 55.7. The summed E-state index contributed by atoms with van der Waals surface area (Å²) >= 11 is 0. The molecule has 23 nitrogen and oxygen atoms in total. The van der Waals surface area contributed by atoms with Crippen molar-refractivity contribution >= 4 is 52.3 Å². The molecule has 386 valence electrons. The smallest absolute Gasteiger partial charge is 0.206 e. The lowest BCUT2D eigenvalue weighted by molar-refractivity contribution is 0.247. The van der Waals surface area contributed by atoms with Crippen LogP contribution >= 0.6 is 0 Å². The number of aromatic nitrogens is 1. The van der Waals surface area contributed by atoms with E-state index in [1.165, 1.54) is 27.7 Å². The summed E-state index contributed by atoms with van der Waals surface area (Å²) in [4.78, 5) is 0.450. The average Bonchev–Trinajstić information content (AvgIpc) is 3.79. The van der Waals surface area contributed by atoms with Crippen LogP contribution in [0.3, 0.4) is 0 Å². The fourth-order valence-corrected chi connectivity index (χ4v) is 9.75. The Morgan fingerprint density at radius 2 is 1.12 bits per heavy atom. The van der Waals surface area contributed by atoms with E-state index in [9.17, 15) is 107 Å². The van der Waals surface area contributed by atoms with Gasteiger partial charge in [0, 0.05) is 38.8 Å². The number of phenolic OH excluding ortho intramolecular Hbond substituents is 18. The summed E-state index contributed by atoms with van der Waals surface area (Å²) in [6, 6.07) is 4.09. The van der Waals surface area contributed by atoms with Crippen molar-refractivity contribution in [3.63, 3.8) is 0 Å². The van der Waals surface area contributed by atoms with Gasteiger partial charge in [0.25, 0.3) is 0 Å². The first-order chi connectivity index (χ1) is 34.9. The van der Waals surface area contributed by atoms with Crippen LogP contribution in [-0.4, -0.2) is 132 Å². The number of nitrogens with zero attached hydrogens (tertiary/aromatic N) is 2. The minimum Gasteiger partial charge on any atom is -0.507 e. The van der Waals surface area contributed by atoms with Gasteiger partial charge in [0.05, 0.1) is 29.3 Å². The third kappa shape index (κ3) is 7.12. The standard InChI is InChI=1S/C51H43BN2O21/c1-6-7-17(18-10-25(60)39(64)34-28(18)30-35(45(70)50(75)48(73)42(30)67)54(34)32(14(2)52)15(3)55)37(62)26(61)13-53(36-46(71)40(65)27(41(66)47(36)72)16-8-23(58)38(63)24(59)9-16)33-29-19-11-21(56)22(57)12-20(19)51(4,5)31(29)43(68)49(74)44(33)69/h1,7-12,15,55-75H,13H2,2-5H3/b17-7-,32-14-,37-26-. The number of aliphatic hydroxyl groups is 3. The highest BCUT2D eigenvalue weighted by molar-refractivity contribution is 6.27. The van der Waals surface area contributed by atoms with Crippen LogP contribution < -0.4 is 4.90 Å². The van der Waals surface area contributed by atoms with Gasteiger partial charge in [0.1, 0.15) is 24.6 Å². The van der Waals surface area contributed by atoms with E-state index in [-0.39, 0.29) is 27.9 Å². The molecule has 1 unspecified atom stereocenters. The normalized spacial score (nSPS) is 14.1. The monoisotopic (exact) mass is 1030 g/mol. The Kier molecular flexibility index (Phi) is 11.7. The molecule has 0 fully saturated rings. The number of anilines is 2. The topological polar surface area (TPSA) is 433 Å². The van der Waals surface area contributed by atoms with Crippen molar-refractivity contribution in [3.8, 4) is 138 Å². The molecule has 75 heavy (non-hydrogen) atoms. The summed E-state index contributed by atoms with van der Waals surface area (Å²) in [7, 11) is 6.15. The maximum atomic E-state index is 12.3. The third-order valence-electron chi connectivity index (χ3n) is 13.1. The average molecular weight is 1030 g/mol. The second-order valence-corrected chi connectivity index (χ2v) is 18.0. The largest absolute Gasteiger partial charge is 0.507 e. The molecule has 7 aromatic rings. The molecule has 1 aliphatic carbocycles. The van der Waals surface area contributed by atoms with E-state index < -0.39 is 194 Å². The summed E-state index contributed by atoms with van der Waals surface area (Å²) in [6.45, 7) is 3.90. The van der Waals surface area contributed by atoms with Crippen LogP contribution in [0.15, 0.2) is 53.4 Å². The molecule has 0 aliphatic heterocycles. The molecule has 8 rings (SSSR count). The summed E-state index contributed by atoms with van der Waals surface area (Å²) in [5, 5.41) is 236. The number of allylic oxidation sites excluding steroid dienone is 3. The van der Waals surface area contributed by atoms with Crippen molar-refractivity contribution in [1.29, 1.82) is 0 Å². The maximum Gasteiger partial charge on any atom is 0.206 e. The van der Waals surface area contributed by atoms with Crippen molar-refractivity contribution in [3.05, 3.63) is 70.1 Å². The van der Waals surface area contributed by atoms with Crippen LogP contribution in [0.4, 0.5) is 11.4 Å². The minimum absolute atomic E-state index is 0.0833. The number of terminal acetylenes is 1. The molecule has 6 aromatic carbocycles. The Bertz CT molecular complexity index is 3800. The fraction of sp³-hybridized carbons (Fsp3) is 0.137. The molecular weight excluding hydrogens is 987 g/mol. The molecule has 1 aliphatic rings. The number of rotatable bonds is 9. The van der Waals surface area contributed by atoms with E-state index in [4.69, 9.17) is 14.3 Å². The van der Waals surface area contributed by atoms with Crippen LogP contribution in [0, 0.1) is 12.3 Å². The Labute approximate surface area is 421 Å². The number of benzene rings is 6. The fourth-order valence-electron chi connectivity index (χ4n) is 9.75. The van der Waals surface area contributed by atoms with Crippen LogP contribution in [0.5, 0.6) is 103 Å². The molecule has 1 atom stereocenters. The van der Waals surface area contributed by atoms with Crippen molar-refractivity contribution in [1.82, 2.24) is 4.57 Å². The number of phenols is 18. The van der Waals surface area contributed by atoms with Gasteiger partial charge in [-0.3, -0.25) is 0 Å². The molecule has 1 heterocycles. The Balaban J connectivity index is 1.50. The highest BCUT2D eigenvalue weighted by atomic mass is 16.4. The first kappa shape index (κ1) is 51.1. The Hall–Kier alpha value is -10.3. The van der Waals surface area contributed by atoms with Crippen LogP contribution in [0.25, 0.3) is 55.3 Å². The van der Waals surface area contributed by atoms with E-state index in [0.29, 0.717) is 23.1 Å². The van der Waals surface area contributed by atoms with Crippen LogP contribution in [0.1, 0.15) is 44.4 Å². The zero-order valence-electron chi connectivity index (χ0n) is 39.2. The second-order valence-electron chi connectivity index (χ2n) is 18.0. The van der Waals surface area contributed by atoms with Gasteiger partial charge < -0.3 is 117 Å². The molecule has 0 saturated carbocycles. The lowest BCUT2D eigenvalue weighted by atomic mass is 9.81. The molecule has 0 amide bonds. The summed E-state index contributed by atoms with van der Waals surface area (Å²) in [5.74, 6) is -22.0. The number of hydrogen-bond acceptors (Lipinski definition) is 22. The molecule has 0 spiro atoms. The number of fused-ring (bicyclic) bond motifs is 6. The number of hydrogen-bond donors (Lipinski definition) is 21. The molecule has 0 saturated heterocycles. The first-order valence-electron chi connectivity index (χ1n) is 21.7. The second kappa shape index (κ2) is 17.2. The third-order valence-corrected chi connectivity index (χ3v) is 13.1. The van der Waals surface area contributed by atoms with Gasteiger partial charge in [-0.1, -0.05) is 32.2 Å². The van der Waals surface area contributed by atoms with E-state index in [0.717, 1.165) is 22.8 Å². The Morgan fingerprint density at radius 1 is 0.613 bits per heavy atom. The maximum absolute atomic E-state index is 12.3. The lowest BCUT2D eigenvalue weighted by Gasteiger charge is -2.31. The minimum atomic E-state index is -1.62. The van der Waals surface area contributed by atoms with Gasteiger partial charge >= 0.3 is 0 Å². The van der Waals surface area contributed by atoms with Gasteiger partial charge in [-0.25, -0.2) is 0 Å². The van der Waals surface area contributed by atoms with Crippen LogP contribution in [-0.2, 0) is 5.41 Å². The Morgan fingerprint density at radius 3 is 1.67 bits per heavy atom. The SMILES string of the molecule is [B]/C(C)=C(/C(C)O)n1c2c(O)c(O)cc(C(=C/C#C)/C(O)=C(/O)CN(c3c(O)c(O)c(-c4cc(O)c(O)c(O)c4)c(O)c3O)c3c(O)c(O)c(O)c4c3-c3cc(O)c(O)cc3C4(C)C)c2c2c(O)c(O)c(O)c(O)c21. The van der Waals surface area contributed by atoms with E-state index in [1.807, 2.05) is 0 Å². The van der Waals surface area contributed by atoms with Gasteiger partial charge in [0.2, 0.25) is 17.2 Å². The van der Waals surface area contributed by atoms with E-state index in [2.05, 4.69) is 5.92 Å². The van der Waals surface area contributed by atoms with Gasteiger partial charge in [0.15, 0.2) is 97.8 Å². The highest BCUT2D eigenvalue weighted by Gasteiger charge is 2.46. The molecule has 21 N–H and O–H groups in total. The molecule has 2 radical (unpaired) electrons. The highest BCUT2D eigenvalue weighted by Crippen LogP contribution is 2.66. The van der Waals surface area contributed by atoms with E-state index in [1.54, 1.807) is 0 Å². The lowest BCUT2D eigenvalue weighted by Crippen LogP contribution is -2.23. The number of aromatic hydroxyl groups is 18. The van der Waals surface area contributed by atoms with Crippen molar-refractivity contribution in [2.45, 2.75) is 39.2 Å². The quantitative estimate of drug-likeness (QED) is 0.0186. The van der Waals surface area contributed by atoms with Gasteiger partial charge in [-0.05, 0) is 60.0 Å². The predicted octanol–water partition coefficient (Wildman–Crippen LogP) is 6.39. The zero-order valence-corrected chi connectivity index (χ0v) is 39.2. The molecule has 1 aromatic heterocycles. The van der Waals surface area contributed by atoms with Crippen molar-refractivity contribution < 1.29 is 107 Å². The molecule has 24 heteroatoms. The van der Waals surface area contributed by atoms with Gasteiger partial charge in [-0.2, -0.15) is 0 Å². The first-order valence-corrected chi connectivity index (χ1v) is 21.7. The summed E-state index contributed by atoms with van der Waals surface area (Å²) in [5.41, 5.74) is -9.23. The van der Waals surface area contributed by atoms with Gasteiger partial charge in [-0.15, -0.1) is 6.42 Å².